The number of nitrogens with zero attached hydrogens (tertiary/aromatic N) is 6. The number of piperidine rings is 1. The van der Waals surface area contributed by atoms with Crippen LogP contribution in [0.1, 0.15) is 45.1 Å². The van der Waals surface area contributed by atoms with Crippen molar-refractivity contribution in [1.29, 1.82) is 0 Å². The number of rotatable bonds is 6. The quantitative estimate of drug-likeness (QED) is 0.489. The fraction of sp³-hybridized carbons (Fsp3) is 0.520. The number of aliphatic hydroxyl groups is 2. The van der Waals surface area contributed by atoms with Gasteiger partial charge in [-0.2, -0.15) is 4.98 Å². The van der Waals surface area contributed by atoms with E-state index in [0.29, 0.717) is 36.6 Å². The number of aromatic nitrogens is 4. The third-order valence-electron chi connectivity index (χ3n) is 7.23. The van der Waals surface area contributed by atoms with E-state index in [-0.39, 0.29) is 19.1 Å². The first kappa shape index (κ1) is 23.6. The lowest BCUT2D eigenvalue weighted by molar-refractivity contribution is -0.00860. The summed E-state index contributed by atoms with van der Waals surface area (Å²) in [5, 5.41) is 24.9. The van der Waals surface area contributed by atoms with E-state index in [1.807, 2.05) is 25.4 Å². The maximum atomic E-state index is 14.7. The molecule has 2 saturated heterocycles. The van der Waals surface area contributed by atoms with E-state index in [0.717, 1.165) is 35.1 Å². The van der Waals surface area contributed by atoms with Gasteiger partial charge in [-0.1, -0.05) is 6.92 Å². The van der Waals surface area contributed by atoms with E-state index in [4.69, 9.17) is 4.98 Å². The molecule has 0 aliphatic carbocycles. The molecular formula is C25H32FN7O2. The number of alkyl halides is 1. The minimum Gasteiger partial charge on any atom is -0.396 e. The lowest BCUT2D eigenvalue weighted by atomic mass is 9.94. The summed E-state index contributed by atoms with van der Waals surface area (Å²) >= 11 is 0. The first-order valence-electron chi connectivity index (χ1n) is 12.1. The molecule has 10 heteroatoms. The maximum absolute atomic E-state index is 14.7. The first-order chi connectivity index (χ1) is 16.8. The van der Waals surface area contributed by atoms with E-state index in [1.54, 1.807) is 17.2 Å². The van der Waals surface area contributed by atoms with E-state index >= 15 is 0 Å². The predicted molar refractivity (Wildman–Crippen MR) is 134 cm³/mol. The first-order valence-corrected chi connectivity index (χ1v) is 12.1. The van der Waals surface area contributed by atoms with E-state index in [9.17, 15) is 14.6 Å². The molecule has 4 atom stereocenters. The summed E-state index contributed by atoms with van der Waals surface area (Å²) in [6.45, 7) is 7.05. The molecule has 2 aliphatic heterocycles. The topological polar surface area (TPSA) is 111 Å². The van der Waals surface area contributed by atoms with Crippen LogP contribution in [0.2, 0.25) is 0 Å². The zero-order valence-electron chi connectivity index (χ0n) is 20.3. The van der Waals surface area contributed by atoms with Gasteiger partial charge >= 0.3 is 0 Å². The SMILES string of the molecule is C[C@H](CO)c1cnc(N2CC[C@@H]2C)c2cnc(Nc3ccnc(N4CC[C@@H](O)[C@@](C)(F)C4)n3)cc12. The van der Waals surface area contributed by atoms with Crippen LogP contribution in [0.5, 0.6) is 0 Å². The van der Waals surface area contributed by atoms with Crippen molar-refractivity contribution in [2.45, 2.75) is 57.3 Å². The van der Waals surface area contributed by atoms with Crippen molar-refractivity contribution in [1.82, 2.24) is 19.9 Å². The number of nitrogens with one attached hydrogen (secondary N) is 1. The Morgan fingerprint density at radius 1 is 1.17 bits per heavy atom. The van der Waals surface area contributed by atoms with Crippen molar-refractivity contribution in [2.24, 2.45) is 0 Å². The van der Waals surface area contributed by atoms with Crippen molar-refractivity contribution in [2.75, 3.05) is 41.4 Å². The molecule has 0 spiro atoms. The molecule has 3 aromatic rings. The standard InChI is InChI=1S/C25H32FN7O2/c1-15(13-34)18-11-29-23(33-9-5-16(33)2)19-12-28-22(10-17(18)19)30-21-4-7-27-24(31-21)32-8-6-20(35)25(3,26)14-32/h4,7,10-12,15-16,20,34-35H,5-6,8-9,13-14H2,1-3H3,(H,27,28,30,31)/t15-,16+,20-,25+/m1/s1. The number of hydrogen-bond acceptors (Lipinski definition) is 9. The van der Waals surface area contributed by atoms with Crippen LogP contribution < -0.4 is 15.1 Å². The van der Waals surface area contributed by atoms with Crippen LogP contribution in [0.4, 0.5) is 27.8 Å². The number of hydrogen-bond donors (Lipinski definition) is 3. The minimum atomic E-state index is -1.72. The number of anilines is 4. The Hall–Kier alpha value is -3.11. The molecule has 0 saturated carbocycles. The van der Waals surface area contributed by atoms with Crippen LogP contribution >= 0.6 is 0 Å². The third-order valence-corrected chi connectivity index (χ3v) is 7.23. The van der Waals surface area contributed by atoms with Crippen LogP contribution in [0.15, 0.2) is 30.7 Å². The van der Waals surface area contributed by atoms with Crippen LogP contribution in [0.25, 0.3) is 10.8 Å². The lowest BCUT2D eigenvalue weighted by Crippen LogP contribution is -2.52. The highest BCUT2D eigenvalue weighted by Crippen LogP contribution is 2.36. The molecule has 0 bridgehead atoms. The van der Waals surface area contributed by atoms with Gasteiger partial charge in [0.15, 0.2) is 5.67 Å². The molecule has 5 heterocycles. The maximum Gasteiger partial charge on any atom is 0.227 e. The Balaban J connectivity index is 1.45. The van der Waals surface area contributed by atoms with Gasteiger partial charge in [-0.05, 0) is 49.8 Å². The Morgan fingerprint density at radius 2 is 2.00 bits per heavy atom. The molecule has 35 heavy (non-hydrogen) atoms. The highest BCUT2D eigenvalue weighted by molar-refractivity contribution is 5.96. The second kappa shape index (κ2) is 9.16. The highest BCUT2D eigenvalue weighted by atomic mass is 19.1. The molecule has 5 rings (SSSR count). The largest absolute Gasteiger partial charge is 0.396 e. The second-order valence-electron chi connectivity index (χ2n) is 9.94. The van der Waals surface area contributed by atoms with Crippen molar-refractivity contribution in [3.63, 3.8) is 0 Å². The van der Waals surface area contributed by atoms with Gasteiger partial charge in [0.25, 0.3) is 0 Å². The Morgan fingerprint density at radius 3 is 2.69 bits per heavy atom. The normalized spacial score (nSPS) is 25.4. The molecule has 0 radical (unpaired) electrons. The zero-order valence-corrected chi connectivity index (χ0v) is 20.3. The van der Waals surface area contributed by atoms with E-state index < -0.39 is 11.8 Å². The molecular weight excluding hydrogens is 449 g/mol. The van der Waals surface area contributed by atoms with Gasteiger partial charge in [0.05, 0.1) is 12.6 Å². The summed E-state index contributed by atoms with van der Waals surface area (Å²) in [6, 6.07) is 4.13. The monoisotopic (exact) mass is 481 g/mol. The summed E-state index contributed by atoms with van der Waals surface area (Å²) in [6.07, 6.45) is 5.77. The molecule has 186 valence electrons. The van der Waals surface area contributed by atoms with Gasteiger partial charge in [-0.3, -0.25) is 0 Å². The average molecular weight is 482 g/mol. The highest BCUT2D eigenvalue weighted by Gasteiger charge is 2.39. The van der Waals surface area contributed by atoms with Crippen LogP contribution in [-0.2, 0) is 0 Å². The van der Waals surface area contributed by atoms with Gasteiger partial charge in [0.1, 0.15) is 17.5 Å². The molecule has 9 nitrogen and oxygen atoms in total. The average Bonchev–Trinajstić information content (AvgIpc) is 2.84. The van der Waals surface area contributed by atoms with Gasteiger partial charge in [0, 0.05) is 55.6 Å². The minimum absolute atomic E-state index is 0.0224. The number of fused-ring (bicyclic) bond motifs is 1. The summed E-state index contributed by atoms with van der Waals surface area (Å²) in [4.78, 5) is 22.2. The van der Waals surface area contributed by atoms with Gasteiger partial charge in [-0.15, -0.1) is 0 Å². The summed E-state index contributed by atoms with van der Waals surface area (Å²) in [7, 11) is 0. The number of halogens is 1. The Labute approximate surface area is 204 Å². The molecule has 0 aromatic carbocycles. The van der Waals surface area contributed by atoms with Crippen molar-refractivity contribution >= 4 is 34.2 Å². The molecule has 0 amide bonds. The van der Waals surface area contributed by atoms with Crippen LogP contribution in [0.3, 0.4) is 0 Å². The molecule has 2 aliphatic rings. The Bertz CT molecular complexity index is 1220. The van der Waals surface area contributed by atoms with Crippen LogP contribution in [0, 0.1) is 0 Å². The zero-order chi connectivity index (χ0) is 24.7. The van der Waals surface area contributed by atoms with Crippen molar-refractivity contribution in [3.05, 3.63) is 36.3 Å². The fourth-order valence-electron chi connectivity index (χ4n) is 4.77. The number of pyridine rings is 2. The van der Waals surface area contributed by atoms with Gasteiger partial charge in [-0.25, -0.2) is 19.3 Å². The summed E-state index contributed by atoms with van der Waals surface area (Å²) < 4.78 is 14.7. The van der Waals surface area contributed by atoms with E-state index in [2.05, 4.69) is 32.1 Å². The summed E-state index contributed by atoms with van der Waals surface area (Å²) in [5.74, 6) is 2.39. The third kappa shape index (κ3) is 4.48. The van der Waals surface area contributed by atoms with Gasteiger partial charge < -0.3 is 25.3 Å². The molecule has 3 aromatic heterocycles. The van der Waals surface area contributed by atoms with Gasteiger partial charge in [0.2, 0.25) is 5.95 Å². The van der Waals surface area contributed by atoms with Crippen molar-refractivity contribution in [3.8, 4) is 0 Å². The fourth-order valence-corrected chi connectivity index (χ4v) is 4.77. The van der Waals surface area contributed by atoms with Crippen molar-refractivity contribution < 1.29 is 14.6 Å². The second-order valence-corrected chi connectivity index (χ2v) is 9.94. The summed E-state index contributed by atoms with van der Waals surface area (Å²) in [5.41, 5.74) is -0.757. The molecule has 0 unspecified atom stereocenters. The lowest BCUT2D eigenvalue weighted by Gasteiger charge is -2.40. The van der Waals surface area contributed by atoms with Crippen LogP contribution in [-0.4, -0.2) is 74.2 Å². The molecule has 2 fully saturated rings. The smallest absolute Gasteiger partial charge is 0.227 e. The number of aliphatic hydroxyl groups excluding tert-OH is 2. The molecule has 3 N–H and O–H groups in total. The van der Waals surface area contributed by atoms with E-state index in [1.165, 1.54) is 6.92 Å². The predicted octanol–water partition coefficient (Wildman–Crippen LogP) is 3.16. The Kier molecular flexibility index (Phi) is 6.18.